The Labute approximate surface area is 113 Å². The molecular formula is C13H15N3O2S. The highest BCUT2D eigenvalue weighted by atomic mass is 32.2. The first-order valence-corrected chi connectivity index (χ1v) is 7.41. The van der Waals surface area contributed by atoms with Gasteiger partial charge in [-0.25, -0.2) is 8.42 Å². The summed E-state index contributed by atoms with van der Waals surface area (Å²) in [6.07, 6.45) is 0.296. The molecular weight excluding hydrogens is 262 g/mol. The molecule has 0 fully saturated rings. The van der Waals surface area contributed by atoms with Crippen LogP contribution >= 0.6 is 0 Å². The number of para-hydroxylation sites is 1. The molecule has 0 aromatic heterocycles. The fourth-order valence-corrected chi connectivity index (χ4v) is 3.29. The van der Waals surface area contributed by atoms with Gasteiger partial charge in [0.1, 0.15) is 0 Å². The molecule has 0 bridgehead atoms. The molecule has 0 amide bonds. The molecule has 1 rings (SSSR count). The van der Waals surface area contributed by atoms with Gasteiger partial charge in [0, 0.05) is 6.54 Å². The van der Waals surface area contributed by atoms with Gasteiger partial charge in [-0.15, -0.1) is 0 Å². The lowest BCUT2D eigenvalue weighted by molar-refractivity contribution is 0.582. The fraction of sp³-hybridized carbons (Fsp3) is 0.385. The number of rotatable bonds is 6. The van der Waals surface area contributed by atoms with Crippen LogP contribution in [0.2, 0.25) is 0 Å². The van der Waals surface area contributed by atoms with Gasteiger partial charge in [0.2, 0.25) is 0 Å². The number of nitriles is 2. The van der Waals surface area contributed by atoms with Crippen molar-refractivity contribution in [2.75, 3.05) is 10.8 Å². The lowest BCUT2D eigenvalue weighted by Gasteiger charge is -2.25. The minimum Gasteiger partial charge on any atom is -0.268 e. The van der Waals surface area contributed by atoms with E-state index in [0.717, 1.165) is 4.31 Å². The Balaban J connectivity index is 3.19. The number of sulfonamides is 1. The number of benzene rings is 1. The molecule has 1 unspecified atom stereocenters. The number of hydrogen-bond acceptors (Lipinski definition) is 4. The van der Waals surface area contributed by atoms with Crippen LogP contribution in [0.3, 0.4) is 0 Å². The Hall–Kier alpha value is -2.05. The third-order valence-electron chi connectivity index (χ3n) is 2.65. The fourth-order valence-electron chi connectivity index (χ4n) is 1.67. The second-order valence-electron chi connectivity index (χ2n) is 3.89. The highest BCUT2D eigenvalue weighted by Crippen LogP contribution is 2.21. The molecule has 0 aliphatic rings. The summed E-state index contributed by atoms with van der Waals surface area (Å²) in [4.78, 5) is 0. The van der Waals surface area contributed by atoms with Crippen LogP contribution in [0.4, 0.5) is 5.69 Å². The van der Waals surface area contributed by atoms with Crippen LogP contribution in [0.5, 0.6) is 0 Å². The molecule has 100 valence electrons. The van der Waals surface area contributed by atoms with Crippen molar-refractivity contribution in [2.45, 2.75) is 25.0 Å². The van der Waals surface area contributed by atoms with Crippen molar-refractivity contribution in [3.05, 3.63) is 30.3 Å². The van der Waals surface area contributed by atoms with E-state index in [4.69, 9.17) is 10.5 Å². The summed E-state index contributed by atoms with van der Waals surface area (Å²) < 4.78 is 25.9. The number of nitrogens with zero attached hydrogens (tertiary/aromatic N) is 3. The van der Waals surface area contributed by atoms with E-state index in [0.29, 0.717) is 5.69 Å². The van der Waals surface area contributed by atoms with Gasteiger partial charge >= 0.3 is 0 Å². The molecule has 0 aliphatic heterocycles. The maximum Gasteiger partial charge on any atom is 0.251 e. The molecule has 5 nitrogen and oxygen atoms in total. The summed E-state index contributed by atoms with van der Waals surface area (Å²) in [5.74, 6) is 0. The molecule has 0 N–H and O–H groups in total. The van der Waals surface area contributed by atoms with E-state index in [1.165, 1.54) is 0 Å². The zero-order valence-corrected chi connectivity index (χ0v) is 11.5. The first-order chi connectivity index (χ1) is 9.07. The quantitative estimate of drug-likeness (QED) is 0.796. The SMILES string of the molecule is CCC(C#N)S(=O)(=O)N(CCC#N)c1ccccc1. The molecule has 0 spiro atoms. The van der Waals surface area contributed by atoms with Crippen molar-refractivity contribution in [2.24, 2.45) is 0 Å². The standard InChI is InChI=1S/C13H15N3O2S/c1-2-13(11-15)19(17,18)16(10-6-9-14)12-7-4-3-5-8-12/h3-5,7-8,13H,2,6,10H2,1H3. The average molecular weight is 277 g/mol. The molecule has 1 atom stereocenters. The van der Waals surface area contributed by atoms with Crippen molar-refractivity contribution >= 4 is 15.7 Å². The number of hydrogen-bond donors (Lipinski definition) is 0. The summed E-state index contributed by atoms with van der Waals surface area (Å²) >= 11 is 0. The van der Waals surface area contributed by atoms with Gasteiger partial charge in [0.25, 0.3) is 10.0 Å². The van der Waals surface area contributed by atoms with Crippen molar-refractivity contribution in [3.63, 3.8) is 0 Å². The minimum absolute atomic E-state index is 0.0566. The summed E-state index contributed by atoms with van der Waals surface area (Å²) in [5.41, 5.74) is 0.478. The largest absolute Gasteiger partial charge is 0.268 e. The summed E-state index contributed by atoms with van der Waals surface area (Å²) in [6.45, 7) is 1.71. The van der Waals surface area contributed by atoms with Gasteiger partial charge < -0.3 is 0 Å². The van der Waals surface area contributed by atoms with Gasteiger partial charge in [0.05, 0.1) is 24.2 Å². The van der Waals surface area contributed by atoms with Crippen molar-refractivity contribution in [3.8, 4) is 12.1 Å². The molecule has 1 aromatic carbocycles. The van der Waals surface area contributed by atoms with Gasteiger partial charge in [0.15, 0.2) is 5.25 Å². The molecule has 0 saturated carbocycles. The first kappa shape index (κ1) is 15.0. The molecule has 19 heavy (non-hydrogen) atoms. The number of anilines is 1. The van der Waals surface area contributed by atoms with E-state index in [9.17, 15) is 8.42 Å². The molecule has 6 heteroatoms. The van der Waals surface area contributed by atoms with E-state index in [1.54, 1.807) is 43.3 Å². The lowest BCUT2D eigenvalue weighted by Crippen LogP contribution is -2.38. The Morgan fingerprint density at radius 3 is 2.37 bits per heavy atom. The van der Waals surface area contributed by atoms with E-state index in [1.807, 2.05) is 6.07 Å². The van der Waals surface area contributed by atoms with E-state index >= 15 is 0 Å². The van der Waals surface area contributed by atoms with E-state index in [2.05, 4.69) is 0 Å². The van der Waals surface area contributed by atoms with Gasteiger partial charge in [-0.2, -0.15) is 10.5 Å². The lowest BCUT2D eigenvalue weighted by atomic mass is 10.3. The van der Waals surface area contributed by atoms with E-state index in [-0.39, 0.29) is 19.4 Å². The van der Waals surface area contributed by atoms with Crippen molar-refractivity contribution in [1.82, 2.24) is 0 Å². The average Bonchev–Trinajstić information content (AvgIpc) is 2.41. The highest BCUT2D eigenvalue weighted by molar-refractivity contribution is 7.93. The van der Waals surface area contributed by atoms with Crippen LogP contribution in [0, 0.1) is 22.7 Å². The van der Waals surface area contributed by atoms with Gasteiger partial charge in [-0.3, -0.25) is 4.31 Å². The summed E-state index contributed by atoms with van der Waals surface area (Å²) in [5, 5.41) is 16.5. The topological polar surface area (TPSA) is 85.0 Å². The van der Waals surface area contributed by atoms with Crippen LogP contribution in [0.15, 0.2) is 30.3 Å². The smallest absolute Gasteiger partial charge is 0.251 e. The zero-order valence-electron chi connectivity index (χ0n) is 10.7. The zero-order chi connectivity index (χ0) is 14.3. The molecule has 0 heterocycles. The minimum atomic E-state index is -3.77. The summed E-state index contributed by atoms with van der Waals surface area (Å²) in [7, 11) is -3.77. The van der Waals surface area contributed by atoms with Gasteiger partial charge in [-0.1, -0.05) is 25.1 Å². The monoisotopic (exact) mass is 277 g/mol. The highest BCUT2D eigenvalue weighted by Gasteiger charge is 2.30. The van der Waals surface area contributed by atoms with Crippen LogP contribution < -0.4 is 4.31 Å². The predicted molar refractivity (Wildman–Crippen MR) is 72.6 cm³/mol. The van der Waals surface area contributed by atoms with E-state index < -0.39 is 15.3 Å². The van der Waals surface area contributed by atoms with Crippen molar-refractivity contribution in [1.29, 1.82) is 10.5 Å². The summed E-state index contributed by atoms with van der Waals surface area (Å²) in [6, 6.07) is 12.3. The Morgan fingerprint density at radius 2 is 1.89 bits per heavy atom. The Bertz CT molecular complexity index is 585. The maximum absolute atomic E-state index is 12.4. The molecule has 0 radical (unpaired) electrons. The third-order valence-corrected chi connectivity index (χ3v) is 4.82. The molecule has 1 aromatic rings. The van der Waals surface area contributed by atoms with Crippen molar-refractivity contribution < 1.29 is 8.42 Å². The maximum atomic E-state index is 12.4. The van der Waals surface area contributed by atoms with Crippen LogP contribution in [-0.2, 0) is 10.0 Å². The first-order valence-electron chi connectivity index (χ1n) is 5.91. The third kappa shape index (κ3) is 3.46. The second kappa shape index (κ2) is 6.77. The van der Waals surface area contributed by atoms with Crippen LogP contribution in [-0.4, -0.2) is 20.2 Å². The van der Waals surface area contributed by atoms with Gasteiger partial charge in [-0.05, 0) is 18.6 Å². The predicted octanol–water partition coefficient (Wildman–Crippen LogP) is 2.04. The molecule has 0 saturated heterocycles. The van der Waals surface area contributed by atoms with Crippen LogP contribution in [0.25, 0.3) is 0 Å². The second-order valence-corrected chi connectivity index (χ2v) is 5.93. The van der Waals surface area contributed by atoms with Crippen LogP contribution in [0.1, 0.15) is 19.8 Å². The molecule has 0 aliphatic carbocycles. The Kier molecular flexibility index (Phi) is 5.35. The normalized spacial score (nSPS) is 12.2. The Morgan fingerprint density at radius 1 is 1.26 bits per heavy atom.